The first-order chi connectivity index (χ1) is 29.8. The van der Waals surface area contributed by atoms with Crippen LogP contribution in [-0.4, -0.2) is 4.57 Å². The Hall–Kier alpha value is -7.94. The third-order valence-electron chi connectivity index (χ3n) is 11.8. The normalized spacial score (nSPS) is 11.3. The molecule has 0 unspecified atom stereocenters. The van der Waals surface area contributed by atoms with Crippen LogP contribution in [0.15, 0.2) is 243 Å². The lowest BCUT2D eigenvalue weighted by Gasteiger charge is -2.26. The fourth-order valence-electron chi connectivity index (χ4n) is 8.98. The van der Waals surface area contributed by atoms with Gasteiger partial charge in [0.1, 0.15) is 0 Å². The third kappa shape index (κ3) is 6.23. The summed E-state index contributed by atoms with van der Waals surface area (Å²) >= 11 is 0. The van der Waals surface area contributed by atoms with E-state index in [-0.39, 0.29) is 0 Å². The van der Waals surface area contributed by atoms with Crippen LogP contribution >= 0.6 is 0 Å². The Bertz CT molecular complexity index is 3190. The molecule has 0 aliphatic heterocycles. The van der Waals surface area contributed by atoms with Crippen molar-refractivity contribution in [2.45, 2.75) is 0 Å². The van der Waals surface area contributed by atoms with Gasteiger partial charge in [-0.05, 0) is 98.2 Å². The monoisotopic (exact) mass is 764 g/mol. The van der Waals surface area contributed by atoms with Gasteiger partial charge < -0.3 is 9.47 Å². The molecule has 0 aliphatic rings. The Morgan fingerprint density at radius 3 is 1.40 bits per heavy atom. The molecule has 2 nitrogen and oxygen atoms in total. The number of hydrogen-bond acceptors (Lipinski definition) is 1. The molecule has 11 aromatic rings. The third-order valence-corrected chi connectivity index (χ3v) is 11.8. The van der Waals surface area contributed by atoms with Crippen LogP contribution in [0, 0.1) is 0 Å². The molecule has 0 atom stereocenters. The predicted molar refractivity (Wildman–Crippen MR) is 255 cm³/mol. The van der Waals surface area contributed by atoms with Crippen molar-refractivity contribution in [3.63, 3.8) is 0 Å². The highest BCUT2D eigenvalue weighted by Gasteiger charge is 2.22. The lowest BCUT2D eigenvalue weighted by atomic mass is 9.90. The molecule has 0 spiro atoms. The minimum Gasteiger partial charge on any atom is -0.310 e. The topological polar surface area (TPSA) is 8.17 Å². The number of nitrogens with zero attached hydrogens (tertiary/aromatic N) is 2. The molecule has 0 N–H and O–H groups in total. The molecule has 0 bridgehead atoms. The second-order valence-electron chi connectivity index (χ2n) is 15.3. The summed E-state index contributed by atoms with van der Waals surface area (Å²) in [6, 6.07) is 87.9. The van der Waals surface area contributed by atoms with Crippen LogP contribution in [0.1, 0.15) is 0 Å². The van der Waals surface area contributed by atoms with Crippen molar-refractivity contribution in [1.29, 1.82) is 0 Å². The summed E-state index contributed by atoms with van der Waals surface area (Å²) in [7, 11) is 0. The second-order valence-corrected chi connectivity index (χ2v) is 15.3. The zero-order valence-corrected chi connectivity index (χ0v) is 33.0. The second kappa shape index (κ2) is 15.1. The smallest absolute Gasteiger partial charge is 0.0562 e. The summed E-state index contributed by atoms with van der Waals surface area (Å²) < 4.78 is 2.49. The van der Waals surface area contributed by atoms with E-state index in [9.17, 15) is 0 Å². The van der Waals surface area contributed by atoms with Crippen LogP contribution in [-0.2, 0) is 0 Å². The lowest BCUT2D eigenvalue weighted by Crippen LogP contribution is -2.10. The average Bonchev–Trinajstić information content (AvgIpc) is 3.66. The number of benzene rings is 10. The van der Waals surface area contributed by atoms with Gasteiger partial charge in [-0.3, -0.25) is 0 Å². The Morgan fingerprint density at radius 1 is 0.283 bits per heavy atom. The summed E-state index contributed by atoms with van der Waals surface area (Å²) in [6.07, 6.45) is 0. The van der Waals surface area contributed by atoms with Crippen molar-refractivity contribution in [3.05, 3.63) is 243 Å². The quantitative estimate of drug-likeness (QED) is 0.150. The Morgan fingerprint density at radius 2 is 0.750 bits per heavy atom. The Labute approximate surface area is 350 Å². The maximum Gasteiger partial charge on any atom is 0.0562 e. The van der Waals surface area contributed by atoms with Crippen LogP contribution in [0.2, 0.25) is 0 Å². The van der Waals surface area contributed by atoms with Gasteiger partial charge >= 0.3 is 0 Å². The Kier molecular flexibility index (Phi) is 8.87. The van der Waals surface area contributed by atoms with Gasteiger partial charge in [-0.2, -0.15) is 0 Å². The molecular weight excluding hydrogens is 725 g/mol. The number of rotatable bonds is 8. The first-order valence-electron chi connectivity index (χ1n) is 20.6. The maximum atomic E-state index is 2.49. The highest BCUT2D eigenvalue weighted by molar-refractivity contribution is 6.12. The molecule has 0 aliphatic carbocycles. The number of anilines is 3. The molecule has 0 saturated carbocycles. The summed E-state index contributed by atoms with van der Waals surface area (Å²) in [4.78, 5) is 2.39. The summed E-state index contributed by atoms with van der Waals surface area (Å²) in [6.45, 7) is 0. The van der Waals surface area contributed by atoms with E-state index in [2.05, 4.69) is 252 Å². The molecule has 1 aromatic heterocycles. The van der Waals surface area contributed by atoms with Crippen LogP contribution in [0.25, 0.3) is 82.8 Å². The van der Waals surface area contributed by atoms with Crippen molar-refractivity contribution < 1.29 is 0 Å². The number of fused-ring (bicyclic) bond motifs is 4. The van der Waals surface area contributed by atoms with Crippen LogP contribution < -0.4 is 4.90 Å². The fraction of sp³-hybridized carbons (Fsp3) is 0. The van der Waals surface area contributed by atoms with E-state index in [1.165, 1.54) is 71.6 Å². The van der Waals surface area contributed by atoms with Crippen LogP contribution in [0.3, 0.4) is 0 Å². The van der Waals surface area contributed by atoms with Crippen LogP contribution in [0.5, 0.6) is 0 Å². The zero-order chi connectivity index (χ0) is 39.8. The number of hydrogen-bond donors (Lipinski definition) is 0. The van der Waals surface area contributed by atoms with E-state index in [1.54, 1.807) is 0 Å². The van der Waals surface area contributed by atoms with Gasteiger partial charge in [0.05, 0.1) is 16.7 Å². The molecule has 0 radical (unpaired) electrons. The van der Waals surface area contributed by atoms with E-state index < -0.39 is 0 Å². The van der Waals surface area contributed by atoms with E-state index in [4.69, 9.17) is 0 Å². The van der Waals surface area contributed by atoms with E-state index in [0.717, 1.165) is 28.3 Å². The minimum atomic E-state index is 1.08. The molecule has 0 fully saturated rings. The molecule has 282 valence electrons. The largest absolute Gasteiger partial charge is 0.310 e. The van der Waals surface area contributed by atoms with Gasteiger partial charge in [0, 0.05) is 33.4 Å². The average molecular weight is 765 g/mol. The van der Waals surface area contributed by atoms with E-state index in [1.807, 2.05) is 0 Å². The van der Waals surface area contributed by atoms with Gasteiger partial charge in [-0.25, -0.2) is 0 Å². The summed E-state index contributed by atoms with van der Waals surface area (Å²) in [5.74, 6) is 0. The first-order valence-corrected chi connectivity index (χ1v) is 20.6. The summed E-state index contributed by atoms with van der Waals surface area (Å²) in [5, 5.41) is 4.89. The molecular formula is C58H40N2. The van der Waals surface area contributed by atoms with Crippen molar-refractivity contribution >= 4 is 49.6 Å². The molecule has 1 heterocycles. The number of aromatic nitrogens is 1. The van der Waals surface area contributed by atoms with Gasteiger partial charge in [-0.1, -0.05) is 194 Å². The van der Waals surface area contributed by atoms with Crippen molar-refractivity contribution in [3.8, 4) is 50.2 Å². The standard InChI is InChI=1S/C58H40N2/c1-4-16-41(17-5-1)43-30-34-47(35-31-43)59(48-36-32-44(33-37-48)42-18-6-2-7-19-42)49-38-39-53-52-25-12-13-28-55(52)60(57(53)40-49)56-29-15-26-51(46-20-8-3-9-21-46)58(56)54-27-14-23-45-22-10-11-24-50(45)54/h1-40H. The van der Waals surface area contributed by atoms with E-state index >= 15 is 0 Å². The Balaban J connectivity index is 1.15. The zero-order valence-electron chi connectivity index (χ0n) is 33.0. The van der Waals surface area contributed by atoms with Gasteiger partial charge in [0.2, 0.25) is 0 Å². The lowest BCUT2D eigenvalue weighted by molar-refractivity contribution is 1.18. The predicted octanol–water partition coefficient (Wildman–Crippen LogP) is 16.1. The van der Waals surface area contributed by atoms with Gasteiger partial charge in [0.15, 0.2) is 0 Å². The molecule has 0 amide bonds. The summed E-state index contributed by atoms with van der Waals surface area (Å²) in [5.41, 5.74) is 16.3. The van der Waals surface area contributed by atoms with E-state index in [0.29, 0.717) is 0 Å². The van der Waals surface area contributed by atoms with Gasteiger partial charge in [0.25, 0.3) is 0 Å². The molecule has 0 saturated heterocycles. The van der Waals surface area contributed by atoms with Gasteiger partial charge in [-0.15, -0.1) is 0 Å². The molecule has 2 heteroatoms. The fourth-order valence-corrected chi connectivity index (χ4v) is 8.98. The van der Waals surface area contributed by atoms with Crippen molar-refractivity contribution in [2.24, 2.45) is 0 Å². The molecule has 11 rings (SSSR count). The first kappa shape index (κ1) is 35.2. The van der Waals surface area contributed by atoms with Crippen molar-refractivity contribution in [2.75, 3.05) is 4.90 Å². The highest BCUT2D eigenvalue weighted by Crippen LogP contribution is 2.45. The number of para-hydroxylation sites is 1. The maximum absolute atomic E-state index is 2.49. The van der Waals surface area contributed by atoms with Crippen LogP contribution in [0.4, 0.5) is 17.1 Å². The minimum absolute atomic E-state index is 1.08. The molecule has 60 heavy (non-hydrogen) atoms. The highest BCUT2D eigenvalue weighted by atomic mass is 15.1. The van der Waals surface area contributed by atoms with Crippen molar-refractivity contribution in [1.82, 2.24) is 4.57 Å². The molecule has 10 aromatic carbocycles. The SMILES string of the molecule is c1ccc(-c2ccc(N(c3ccc(-c4ccccc4)cc3)c3ccc4c5ccccc5n(-c5cccc(-c6ccccc6)c5-c5cccc6ccccc56)c4c3)cc2)cc1.